The fourth-order valence-corrected chi connectivity index (χ4v) is 1.89. The molecule has 0 spiro atoms. The molecule has 3 heteroatoms. The molecule has 0 fully saturated rings. The van der Waals surface area contributed by atoms with Gasteiger partial charge in [0.05, 0.1) is 13.0 Å². The van der Waals surface area contributed by atoms with Crippen molar-refractivity contribution in [3.63, 3.8) is 0 Å². The fraction of sp³-hybridized carbons (Fsp3) is 0.615. The Balaban J connectivity index is 2.61. The number of ether oxygens (including phenoxy) is 1. The number of carbonyl (C=O) groups is 1. The van der Waals surface area contributed by atoms with Gasteiger partial charge in [-0.2, -0.15) is 0 Å². The number of hydrogen-bond acceptors (Lipinski definition) is 2. The average Bonchev–Trinajstić information content (AvgIpc) is 2.66. The van der Waals surface area contributed by atoms with Crippen LogP contribution in [0.4, 0.5) is 0 Å². The number of carbonyl (C=O) groups excluding carboxylic acids is 1. The fourth-order valence-electron chi connectivity index (χ4n) is 1.89. The topological polar surface area (TPSA) is 31.2 Å². The molecule has 0 aromatic carbocycles. The van der Waals surface area contributed by atoms with Crippen LogP contribution in [-0.2, 0) is 16.0 Å². The van der Waals surface area contributed by atoms with Gasteiger partial charge in [0, 0.05) is 17.9 Å². The lowest BCUT2D eigenvalue weighted by molar-refractivity contribution is -0.143. The molecule has 3 nitrogen and oxygen atoms in total. The number of hydrogen-bond donors (Lipinski definition) is 0. The molecular weight excluding hydrogens is 202 g/mol. The van der Waals surface area contributed by atoms with Gasteiger partial charge in [-0.3, -0.25) is 4.79 Å². The molecule has 1 unspecified atom stereocenters. The molecule has 1 atom stereocenters. The first-order valence-corrected chi connectivity index (χ1v) is 6.00. The molecule has 1 aromatic rings. The summed E-state index contributed by atoms with van der Waals surface area (Å²) in [4.78, 5) is 11.4. The van der Waals surface area contributed by atoms with E-state index < -0.39 is 0 Å². The Kier molecular flexibility index (Phi) is 5.09. The van der Waals surface area contributed by atoms with Gasteiger partial charge in [0.15, 0.2) is 0 Å². The summed E-state index contributed by atoms with van der Waals surface area (Å²) in [5.74, 6) is -0.119. The Morgan fingerprint density at radius 2 is 2.25 bits per heavy atom. The molecule has 0 amide bonds. The van der Waals surface area contributed by atoms with Gasteiger partial charge in [-0.1, -0.05) is 13.3 Å². The highest BCUT2D eigenvalue weighted by atomic mass is 16.5. The normalized spacial score (nSPS) is 12.4. The van der Waals surface area contributed by atoms with Crippen LogP contribution in [0.1, 0.15) is 45.3 Å². The zero-order valence-electron chi connectivity index (χ0n) is 10.4. The predicted octanol–water partition coefficient (Wildman–Crippen LogP) is 2.95. The molecule has 0 bridgehead atoms. The minimum Gasteiger partial charge on any atom is -0.466 e. The molecule has 0 radical (unpaired) electrons. The smallest absolute Gasteiger partial charge is 0.307 e. The SMILES string of the molecule is CCCc1cccn1C(C)CC(=O)OCC. The van der Waals surface area contributed by atoms with Crippen molar-refractivity contribution in [2.75, 3.05) is 6.61 Å². The van der Waals surface area contributed by atoms with Crippen LogP contribution >= 0.6 is 0 Å². The number of esters is 1. The van der Waals surface area contributed by atoms with Gasteiger partial charge in [-0.05, 0) is 32.4 Å². The van der Waals surface area contributed by atoms with Gasteiger partial charge in [0.25, 0.3) is 0 Å². The lowest BCUT2D eigenvalue weighted by Gasteiger charge is -2.16. The minimum absolute atomic E-state index is 0.119. The third-order valence-corrected chi connectivity index (χ3v) is 2.62. The molecule has 0 aliphatic rings. The van der Waals surface area contributed by atoms with Crippen molar-refractivity contribution in [3.05, 3.63) is 24.0 Å². The van der Waals surface area contributed by atoms with Crippen LogP contribution in [0, 0.1) is 0 Å². The Hall–Kier alpha value is -1.25. The molecule has 0 aliphatic carbocycles. The first-order chi connectivity index (χ1) is 7.69. The van der Waals surface area contributed by atoms with E-state index in [1.54, 1.807) is 0 Å². The van der Waals surface area contributed by atoms with E-state index >= 15 is 0 Å². The summed E-state index contributed by atoms with van der Waals surface area (Å²) in [5, 5.41) is 0. The average molecular weight is 223 g/mol. The third kappa shape index (κ3) is 3.40. The van der Waals surface area contributed by atoms with Gasteiger partial charge in [0.1, 0.15) is 0 Å². The van der Waals surface area contributed by atoms with Crippen LogP contribution in [0.3, 0.4) is 0 Å². The molecule has 1 heterocycles. The van der Waals surface area contributed by atoms with Crippen molar-refractivity contribution in [3.8, 4) is 0 Å². The van der Waals surface area contributed by atoms with E-state index in [0.717, 1.165) is 12.8 Å². The summed E-state index contributed by atoms with van der Waals surface area (Å²) in [5.41, 5.74) is 1.29. The third-order valence-electron chi connectivity index (χ3n) is 2.62. The number of aryl methyl sites for hydroxylation is 1. The van der Waals surface area contributed by atoms with Gasteiger partial charge >= 0.3 is 5.97 Å². The van der Waals surface area contributed by atoms with Crippen molar-refractivity contribution in [2.24, 2.45) is 0 Å². The molecule has 1 aromatic heterocycles. The van der Waals surface area contributed by atoms with Crippen molar-refractivity contribution in [2.45, 2.75) is 46.1 Å². The Morgan fingerprint density at radius 3 is 2.88 bits per heavy atom. The maximum absolute atomic E-state index is 11.4. The maximum atomic E-state index is 11.4. The van der Waals surface area contributed by atoms with Crippen LogP contribution in [0.5, 0.6) is 0 Å². The van der Waals surface area contributed by atoms with Crippen molar-refractivity contribution >= 4 is 5.97 Å². The lowest BCUT2D eigenvalue weighted by Crippen LogP contribution is -2.14. The number of aromatic nitrogens is 1. The highest BCUT2D eigenvalue weighted by Crippen LogP contribution is 2.16. The van der Waals surface area contributed by atoms with E-state index in [4.69, 9.17) is 4.74 Å². The Morgan fingerprint density at radius 1 is 1.50 bits per heavy atom. The summed E-state index contributed by atoms with van der Waals surface area (Å²) in [6.07, 6.45) is 4.66. The first-order valence-electron chi connectivity index (χ1n) is 6.00. The van der Waals surface area contributed by atoms with Crippen molar-refractivity contribution in [1.29, 1.82) is 0 Å². The molecule has 0 N–H and O–H groups in total. The van der Waals surface area contributed by atoms with E-state index in [2.05, 4.69) is 24.5 Å². The first kappa shape index (κ1) is 12.8. The molecule has 0 aliphatic heterocycles. The quantitative estimate of drug-likeness (QED) is 0.694. The summed E-state index contributed by atoms with van der Waals surface area (Å²) in [6.45, 7) is 6.50. The standard InChI is InChI=1S/C13H21NO2/c1-4-7-12-8-6-9-14(12)11(3)10-13(15)16-5-2/h6,8-9,11H,4-5,7,10H2,1-3H3. The summed E-state index contributed by atoms with van der Waals surface area (Å²) in [6, 6.07) is 4.33. The Bertz CT molecular complexity index is 330. The second-order valence-electron chi connectivity index (χ2n) is 4.01. The monoisotopic (exact) mass is 223 g/mol. The summed E-state index contributed by atoms with van der Waals surface area (Å²) < 4.78 is 7.13. The predicted molar refractivity (Wildman–Crippen MR) is 64.4 cm³/mol. The van der Waals surface area contributed by atoms with Crippen LogP contribution in [0.2, 0.25) is 0 Å². The van der Waals surface area contributed by atoms with Crippen molar-refractivity contribution in [1.82, 2.24) is 4.57 Å². The van der Waals surface area contributed by atoms with E-state index in [0.29, 0.717) is 13.0 Å². The largest absolute Gasteiger partial charge is 0.466 e. The highest BCUT2D eigenvalue weighted by Gasteiger charge is 2.13. The molecule has 16 heavy (non-hydrogen) atoms. The maximum Gasteiger partial charge on any atom is 0.307 e. The van der Waals surface area contributed by atoms with E-state index in [1.807, 2.05) is 19.2 Å². The van der Waals surface area contributed by atoms with Crippen LogP contribution < -0.4 is 0 Å². The zero-order chi connectivity index (χ0) is 12.0. The van der Waals surface area contributed by atoms with Gasteiger partial charge in [0.2, 0.25) is 0 Å². The molecule has 0 saturated heterocycles. The van der Waals surface area contributed by atoms with Gasteiger partial charge in [-0.15, -0.1) is 0 Å². The molecule has 0 saturated carbocycles. The summed E-state index contributed by atoms with van der Waals surface area (Å²) >= 11 is 0. The summed E-state index contributed by atoms with van der Waals surface area (Å²) in [7, 11) is 0. The minimum atomic E-state index is -0.119. The van der Waals surface area contributed by atoms with Crippen LogP contribution in [-0.4, -0.2) is 17.1 Å². The van der Waals surface area contributed by atoms with E-state index in [1.165, 1.54) is 5.69 Å². The zero-order valence-corrected chi connectivity index (χ0v) is 10.4. The number of nitrogens with zero attached hydrogens (tertiary/aromatic N) is 1. The lowest BCUT2D eigenvalue weighted by atomic mass is 10.2. The highest BCUT2D eigenvalue weighted by molar-refractivity contribution is 5.69. The molecule has 1 rings (SSSR count). The molecular formula is C13H21NO2. The second kappa shape index (κ2) is 6.36. The van der Waals surface area contributed by atoms with E-state index in [-0.39, 0.29) is 12.0 Å². The Labute approximate surface area is 97.4 Å². The van der Waals surface area contributed by atoms with Crippen molar-refractivity contribution < 1.29 is 9.53 Å². The second-order valence-corrected chi connectivity index (χ2v) is 4.01. The van der Waals surface area contributed by atoms with Gasteiger partial charge in [-0.25, -0.2) is 0 Å². The number of rotatable bonds is 6. The van der Waals surface area contributed by atoms with Gasteiger partial charge < -0.3 is 9.30 Å². The van der Waals surface area contributed by atoms with Crippen LogP contribution in [0.15, 0.2) is 18.3 Å². The molecule has 90 valence electrons. The van der Waals surface area contributed by atoms with Crippen LogP contribution in [0.25, 0.3) is 0 Å². The van der Waals surface area contributed by atoms with E-state index in [9.17, 15) is 4.79 Å².